The van der Waals surface area contributed by atoms with Crippen molar-refractivity contribution in [3.8, 4) is 0 Å². The fourth-order valence-electron chi connectivity index (χ4n) is 2.71. The van der Waals surface area contributed by atoms with Crippen molar-refractivity contribution in [1.82, 2.24) is 10.2 Å². The van der Waals surface area contributed by atoms with E-state index in [2.05, 4.69) is 17.4 Å². The Bertz CT molecular complexity index is 505. The van der Waals surface area contributed by atoms with Crippen molar-refractivity contribution in [2.45, 2.75) is 45.2 Å². The van der Waals surface area contributed by atoms with Crippen LogP contribution in [0.2, 0.25) is 0 Å². The molecule has 2 amide bonds. The minimum atomic E-state index is -0.986. The van der Waals surface area contributed by atoms with E-state index in [1.807, 2.05) is 26.0 Å². The van der Waals surface area contributed by atoms with Gasteiger partial charge in [0.1, 0.15) is 6.54 Å². The Hall–Kier alpha value is -2.04. The van der Waals surface area contributed by atoms with E-state index >= 15 is 0 Å². The summed E-state index contributed by atoms with van der Waals surface area (Å²) in [6, 6.07) is 7.82. The highest BCUT2D eigenvalue weighted by atomic mass is 16.4. The van der Waals surface area contributed by atoms with Gasteiger partial charge in [-0.1, -0.05) is 31.2 Å². The predicted molar refractivity (Wildman–Crippen MR) is 80.3 cm³/mol. The molecular weight excluding hydrogens is 268 g/mol. The molecule has 5 nitrogen and oxygen atoms in total. The third-order valence-corrected chi connectivity index (χ3v) is 4.07. The summed E-state index contributed by atoms with van der Waals surface area (Å²) >= 11 is 0. The van der Waals surface area contributed by atoms with E-state index in [-0.39, 0.29) is 24.7 Å². The summed E-state index contributed by atoms with van der Waals surface area (Å²) in [5.74, 6) is -0.986. The van der Waals surface area contributed by atoms with Crippen LogP contribution in [0.5, 0.6) is 0 Å². The molecule has 1 aliphatic rings. The van der Waals surface area contributed by atoms with E-state index in [1.54, 1.807) is 0 Å². The zero-order valence-corrected chi connectivity index (χ0v) is 12.5. The first-order valence-corrected chi connectivity index (χ1v) is 7.37. The normalized spacial score (nSPS) is 15.3. The van der Waals surface area contributed by atoms with E-state index in [4.69, 9.17) is 5.11 Å². The first-order valence-electron chi connectivity index (χ1n) is 7.37. The maximum atomic E-state index is 12.3. The number of nitrogens with zero attached hydrogens (tertiary/aromatic N) is 1. The number of carbonyl (C=O) groups excluding carboxylic acids is 1. The van der Waals surface area contributed by atoms with Gasteiger partial charge in [-0.15, -0.1) is 0 Å². The third kappa shape index (κ3) is 3.74. The molecule has 0 radical (unpaired) electrons. The standard InChI is InChI=1S/C16H22N2O3/c1-3-11(2)18(10-15(19)20)16(21)17-14-8-12-6-4-5-7-13(12)9-14/h4-7,11,14H,3,8-10H2,1-2H3,(H,17,21)(H,19,20). The summed E-state index contributed by atoms with van der Waals surface area (Å²) in [6.45, 7) is 3.55. The summed E-state index contributed by atoms with van der Waals surface area (Å²) in [5, 5.41) is 11.9. The lowest BCUT2D eigenvalue weighted by Gasteiger charge is -2.28. The number of hydrogen-bond acceptors (Lipinski definition) is 2. The first kappa shape index (κ1) is 15.4. The van der Waals surface area contributed by atoms with Crippen LogP contribution in [0.15, 0.2) is 24.3 Å². The molecule has 0 saturated carbocycles. The summed E-state index contributed by atoms with van der Waals surface area (Å²) in [4.78, 5) is 24.7. The third-order valence-electron chi connectivity index (χ3n) is 4.07. The van der Waals surface area contributed by atoms with Crippen LogP contribution >= 0.6 is 0 Å². The average molecular weight is 290 g/mol. The molecule has 0 spiro atoms. The van der Waals surface area contributed by atoms with Crippen molar-refractivity contribution in [3.63, 3.8) is 0 Å². The molecule has 0 aromatic heterocycles. The Morgan fingerprint density at radius 3 is 2.38 bits per heavy atom. The second kappa shape index (κ2) is 6.61. The minimum absolute atomic E-state index is 0.0512. The Kier molecular flexibility index (Phi) is 4.83. The van der Waals surface area contributed by atoms with Gasteiger partial charge in [0.2, 0.25) is 0 Å². The Morgan fingerprint density at radius 1 is 1.33 bits per heavy atom. The molecule has 0 fully saturated rings. The molecule has 0 aliphatic heterocycles. The van der Waals surface area contributed by atoms with E-state index < -0.39 is 5.97 Å². The molecule has 1 aromatic carbocycles. The number of urea groups is 1. The highest BCUT2D eigenvalue weighted by molar-refractivity contribution is 5.80. The number of carbonyl (C=O) groups is 2. The van der Waals surface area contributed by atoms with Crippen LogP contribution in [0, 0.1) is 0 Å². The van der Waals surface area contributed by atoms with Crippen molar-refractivity contribution in [2.24, 2.45) is 0 Å². The zero-order valence-electron chi connectivity index (χ0n) is 12.5. The number of fused-ring (bicyclic) bond motifs is 1. The molecule has 2 rings (SSSR count). The molecule has 114 valence electrons. The quantitative estimate of drug-likeness (QED) is 0.872. The number of benzene rings is 1. The lowest BCUT2D eigenvalue weighted by molar-refractivity contribution is -0.138. The highest BCUT2D eigenvalue weighted by Crippen LogP contribution is 2.21. The van der Waals surface area contributed by atoms with Crippen LogP contribution < -0.4 is 5.32 Å². The molecule has 1 unspecified atom stereocenters. The van der Waals surface area contributed by atoms with Crippen molar-refractivity contribution in [3.05, 3.63) is 35.4 Å². The van der Waals surface area contributed by atoms with Crippen molar-refractivity contribution < 1.29 is 14.7 Å². The fraction of sp³-hybridized carbons (Fsp3) is 0.500. The molecule has 2 N–H and O–H groups in total. The summed E-state index contributed by atoms with van der Waals surface area (Å²) in [7, 11) is 0. The molecule has 1 atom stereocenters. The van der Waals surface area contributed by atoms with Crippen LogP contribution in [0.4, 0.5) is 4.79 Å². The maximum Gasteiger partial charge on any atom is 0.323 e. The van der Waals surface area contributed by atoms with Crippen molar-refractivity contribution >= 4 is 12.0 Å². The lowest BCUT2D eigenvalue weighted by Crippen LogP contribution is -2.50. The van der Waals surface area contributed by atoms with Crippen LogP contribution in [0.3, 0.4) is 0 Å². The Balaban J connectivity index is 1.98. The number of nitrogens with one attached hydrogen (secondary N) is 1. The number of amides is 2. The Morgan fingerprint density at radius 2 is 1.90 bits per heavy atom. The number of rotatable bonds is 5. The number of aliphatic carboxylic acids is 1. The van der Waals surface area contributed by atoms with Gasteiger partial charge in [-0.25, -0.2) is 4.79 Å². The number of carboxylic acids is 1. The summed E-state index contributed by atoms with van der Waals surface area (Å²) in [5.41, 5.74) is 2.52. The topological polar surface area (TPSA) is 69.6 Å². The molecule has 0 heterocycles. The summed E-state index contributed by atoms with van der Waals surface area (Å²) in [6.07, 6.45) is 2.35. The first-order chi connectivity index (χ1) is 10.0. The van der Waals surface area contributed by atoms with Gasteiger partial charge in [0, 0.05) is 12.1 Å². The SMILES string of the molecule is CCC(C)N(CC(=O)O)C(=O)NC1Cc2ccccc2C1. The van der Waals surface area contributed by atoms with E-state index in [0.717, 1.165) is 19.3 Å². The molecule has 1 aromatic rings. The monoisotopic (exact) mass is 290 g/mol. The smallest absolute Gasteiger partial charge is 0.323 e. The molecule has 21 heavy (non-hydrogen) atoms. The van der Waals surface area contributed by atoms with Gasteiger partial charge in [-0.05, 0) is 37.3 Å². The van der Waals surface area contributed by atoms with E-state index in [9.17, 15) is 9.59 Å². The van der Waals surface area contributed by atoms with Crippen LogP contribution in [-0.4, -0.2) is 40.6 Å². The second-order valence-electron chi connectivity index (χ2n) is 5.60. The number of carboxylic acid groups (broad SMARTS) is 1. The summed E-state index contributed by atoms with van der Waals surface area (Å²) < 4.78 is 0. The Labute approximate surface area is 125 Å². The maximum absolute atomic E-state index is 12.3. The largest absolute Gasteiger partial charge is 0.480 e. The molecular formula is C16H22N2O3. The van der Waals surface area contributed by atoms with Gasteiger partial charge in [0.25, 0.3) is 0 Å². The zero-order chi connectivity index (χ0) is 15.4. The molecule has 0 bridgehead atoms. The predicted octanol–water partition coefficient (Wildman–Crippen LogP) is 2.05. The van der Waals surface area contributed by atoms with Crippen molar-refractivity contribution in [1.29, 1.82) is 0 Å². The number of hydrogen-bond donors (Lipinski definition) is 2. The molecule has 0 saturated heterocycles. The fourth-order valence-corrected chi connectivity index (χ4v) is 2.71. The van der Waals surface area contributed by atoms with Crippen LogP contribution in [0.1, 0.15) is 31.4 Å². The van der Waals surface area contributed by atoms with Crippen LogP contribution in [-0.2, 0) is 17.6 Å². The van der Waals surface area contributed by atoms with Gasteiger partial charge in [0.05, 0.1) is 0 Å². The van der Waals surface area contributed by atoms with Gasteiger partial charge >= 0.3 is 12.0 Å². The van der Waals surface area contributed by atoms with Gasteiger partial charge in [0.15, 0.2) is 0 Å². The molecule has 5 heteroatoms. The lowest BCUT2D eigenvalue weighted by atomic mass is 10.1. The van der Waals surface area contributed by atoms with Crippen molar-refractivity contribution in [2.75, 3.05) is 6.54 Å². The molecule has 1 aliphatic carbocycles. The van der Waals surface area contributed by atoms with Gasteiger partial charge < -0.3 is 15.3 Å². The van der Waals surface area contributed by atoms with E-state index in [1.165, 1.54) is 16.0 Å². The van der Waals surface area contributed by atoms with Gasteiger partial charge in [-0.3, -0.25) is 4.79 Å². The van der Waals surface area contributed by atoms with E-state index in [0.29, 0.717) is 0 Å². The second-order valence-corrected chi connectivity index (χ2v) is 5.60. The van der Waals surface area contributed by atoms with Crippen LogP contribution in [0.25, 0.3) is 0 Å². The highest BCUT2D eigenvalue weighted by Gasteiger charge is 2.27. The van der Waals surface area contributed by atoms with Gasteiger partial charge in [-0.2, -0.15) is 0 Å². The minimum Gasteiger partial charge on any atom is -0.480 e. The average Bonchev–Trinajstić information content (AvgIpc) is 2.85.